The highest BCUT2D eigenvalue weighted by molar-refractivity contribution is 6.01. The maximum atomic E-state index is 12.0. The molecule has 7 nitrogen and oxygen atoms in total. The fourth-order valence-corrected chi connectivity index (χ4v) is 2.00. The Hall–Kier alpha value is -2.25. The first-order chi connectivity index (χ1) is 9.92. The third-order valence-corrected chi connectivity index (χ3v) is 3.02. The second-order valence-corrected chi connectivity index (χ2v) is 4.66. The molecule has 0 unspecified atom stereocenters. The third-order valence-electron chi connectivity index (χ3n) is 3.02. The fraction of sp³-hybridized carbons (Fsp3) is 0.357. The maximum absolute atomic E-state index is 12.0. The summed E-state index contributed by atoms with van der Waals surface area (Å²) in [5.74, 6) is -2.66. The number of carbonyl (C=O) groups is 3. The lowest BCUT2D eigenvalue weighted by atomic mass is 10.1. The van der Waals surface area contributed by atoms with E-state index in [0.29, 0.717) is 13.0 Å². The lowest BCUT2D eigenvalue weighted by Crippen LogP contribution is -2.49. The number of para-hydroxylation sites is 1. The molecule has 0 radical (unpaired) electrons. The normalized spacial score (nSPS) is 20.9. The van der Waals surface area contributed by atoms with Crippen LogP contribution in [-0.4, -0.2) is 35.3 Å². The van der Waals surface area contributed by atoms with Gasteiger partial charge in [0.1, 0.15) is 11.3 Å². The van der Waals surface area contributed by atoms with Crippen LogP contribution in [0.1, 0.15) is 30.1 Å². The second kappa shape index (κ2) is 6.02. The van der Waals surface area contributed by atoms with Crippen LogP contribution in [-0.2, 0) is 14.3 Å². The molecule has 1 aromatic carbocycles. The van der Waals surface area contributed by atoms with Crippen molar-refractivity contribution < 1.29 is 29.0 Å². The zero-order chi connectivity index (χ0) is 15.5. The minimum Gasteiger partial charge on any atom is -0.426 e. The molecule has 0 spiro atoms. The van der Waals surface area contributed by atoms with Gasteiger partial charge in [-0.25, -0.2) is 9.59 Å². The van der Waals surface area contributed by atoms with Crippen molar-refractivity contribution in [1.29, 1.82) is 0 Å². The lowest BCUT2D eigenvalue weighted by molar-refractivity contribution is -0.161. The van der Waals surface area contributed by atoms with Crippen LogP contribution in [0.25, 0.3) is 0 Å². The van der Waals surface area contributed by atoms with Crippen LogP contribution >= 0.6 is 0 Å². The number of hydrogen-bond donors (Lipinski definition) is 2. The zero-order valence-corrected chi connectivity index (χ0v) is 11.4. The van der Waals surface area contributed by atoms with E-state index in [0.717, 1.165) is 0 Å². The standard InChI is InChI=1S/C14H15NO6/c1-9(16)20-11-6-3-2-5-10(11)12(17)21-13(18)14(19)7-4-8-15-14/h2-3,5-6,15,19H,4,7-8H2,1H3/t14-/m1/s1. The van der Waals surface area contributed by atoms with Gasteiger partial charge in [-0.1, -0.05) is 12.1 Å². The molecule has 0 saturated carbocycles. The SMILES string of the molecule is CC(=O)Oc1ccccc1C(=O)OC(=O)[C@]1(O)CCCN1. The highest BCUT2D eigenvalue weighted by atomic mass is 16.6. The van der Waals surface area contributed by atoms with Gasteiger partial charge in [-0.15, -0.1) is 0 Å². The Morgan fingerprint density at radius 1 is 1.29 bits per heavy atom. The highest BCUT2D eigenvalue weighted by Crippen LogP contribution is 2.22. The monoisotopic (exact) mass is 293 g/mol. The summed E-state index contributed by atoms with van der Waals surface area (Å²) in [6, 6.07) is 5.88. The Balaban J connectivity index is 2.13. The average molecular weight is 293 g/mol. The van der Waals surface area contributed by atoms with Crippen molar-refractivity contribution in [3.8, 4) is 5.75 Å². The van der Waals surface area contributed by atoms with E-state index in [2.05, 4.69) is 10.1 Å². The summed E-state index contributed by atoms with van der Waals surface area (Å²) in [5.41, 5.74) is -1.91. The van der Waals surface area contributed by atoms with E-state index in [4.69, 9.17) is 4.74 Å². The van der Waals surface area contributed by atoms with Crippen LogP contribution in [0.2, 0.25) is 0 Å². The summed E-state index contributed by atoms with van der Waals surface area (Å²) >= 11 is 0. The molecule has 1 heterocycles. The average Bonchev–Trinajstić information content (AvgIpc) is 2.87. The van der Waals surface area contributed by atoms with E-state index in [1.807, 2.05) is 0 Å². The van der Waals surface area contributed by atoms with Gasteiger partial charge in [0.25, 0.3) is 0 Å². The molecule has 1 atom stereocenters. The molecule has 1 aliphatic heterocycles. The Morgan fingerprint density at radius 3 is 2.62 bits per heavy atom. The Labute approximate surface area is 120 Å². The number of aliphatic hydroxyl groups is 1. The fourth-order valence-electron chi connectivity index (χ4n) is 2.00. The first-order valence-electron chi connectivity index (χ1n) is 6.44. The molecule has 1 fully saturated rings. The second-order valence-electron chi connectivity index (χ2n) is 4.66. The largest absolute Gasteiger partial charge is 0.426 e. The number of esters is 3. The van der Waals surface area contributed by atoms with Crippen LogP contribution in [0.3, 0.4) is 0 Å². The molecule has 0 amide bonds. The van der Waals surface area contributed by atoms with Gasteiger partial charge in [0.2, 0.25) is 5.72 Å². The van der Waals surface area contributed by atoms with E-state index in [1.54, 1.807) is 6.07 Å². The van der Waals surface area contributed by atoms with Gasteiger partial charge < -0.3 is 14.6 Å². The number of carbonyl (C=O) groups excluding carboxylic acids is 3. The number of nitrogens with one attached hydrogen (secondary N) is 1. The summed E-state index contributed by atoms with van der Waals surface area (Å²) in [5, 5.41) is 12.5. The van der Waals surface area contributed by atoms with Crippen molar-refractivity contribution in [2.24, 2.45) is 0 Å². The summed E-state index contributed by atoms with van der Waals surface area (Å²) in [6.45, 7) is 1.66. The smallest absolute Gasteiger partial charge is 0.361 e. The van der Waals surface area contributed by atoms with Crippen LogP contribution in [0, 0.1) is 0 Å². The molecule has 0 aromatic heterocycles. The van der Waals surface area contributed by atoms with Gasteiger partial charge in [0.05, 0.1) is 0 Å². The van der Waals surface area contributed by atoms with Gasteiger partial charge >= 0.3 is 17.9 Å². The Bertz CT molecular complexity index is 577. The van der Waals surface area contributed by atoms with Crippen molar-refractivity contribution in [2.45, 2.75) is 25.5 Å². The van der Waals surface area contributed by atoms with Gasteiger partial charge in [-0.2, -0.15) is 0 Å². The molecule has 1 aliphatic rings. The topological polar surface area (TPSA) is 102 Å². The van der Waals surface area contributed by atoms with Crippen molar-refractivity contribution in [1.82, 2.24) is 5.32 Å². The molecule has 7 heteroatoms. The first-order valence-corrected chi connectivity index (χ1v) is 6.44. The van der Waals surface area contributed by atoms with E-state index in [1.165, 1.54) is 25.1 Å². The molecule has 1 saturated heterocycles. The Kier molecular flexibility index (Phi) is 4.35. The molecule has 2 rings (SSSR count). The van der Waals surface area contributed by atoms with Crippen molar-refractivity contribution in [3.05, 3.63) is 29.8 Å². The van der Waals surface area contributed by atoms with E-state index in [-0.39, 0.29) is 17.7 Å². The van der Waals surface area contributed by atoms with E-state index in [9.17, 15) is 19.5 Å². The third kappa shape index (κ3) is 3.45. The minimum atomic E-state index is -1.84. The predicted octanol–water partition coefficient (Wildman–Crippen LogP) is 0.367. The number of benzene rings is 1. The van der Waals surface area contributed by atoms with Gasteiger partial charge in [-0.3, -0.25) is 10.1 Å². The molecule has 1 aromatic rings. The van der Waals surface area contributed by atoms with E-state index >= 15 is 0 Å². The molecular weight excluding hydrogens is 278 g/mol. The van der Waals surface area contributed by atoms with Crippen molar-refractivity contribution in [3.63, 3.8) is 0 Å². The molecule has 2 N–H and O–H groups in total. The minimum absolute atomic E-state index is 0.00540. The molecule has 112 valence electrons. The number of rotatable bonds is 3. The van der Waals surface area contributed by atoms with Gasteiger partial charge in [0, 0.05) is 13.3 Å². The van der Waals surface area contributed by atoms with Crippen LogP contribution in [0.5, 0.6) is 5.75 Å². The molecule has 0 aliphatic carbocycles. The van der Waals surface area contributed by atoms with Crippen LogP contribution in [0.4, 0.5) is 0 Å². The summed E-state index contributed by atoms with van der Waals surface area (Å²) in [7, 11) is 0. The van der Waals surface area contributed by atoms with Crippen LogP contribution < -0.4 is 10.1 Å². The molecular formula is C14H15NO6. The Morgan fingerprint density at radius 2 is 2.00 bits per heavy atom. The van der Waals surface area contributed by atoms with Gasteiger partial charge in [0.15, 0.2) is 0 Å². The predicted molar refractivity (Wildman–Crippen MR) is 70.4 cm³/mol. The van der Waals surface area contributed by atoms with Crippen molar-refractivity contribution >= 4 is 17.9 Å². The molecule has 21 heavy (non-hydrogen) atoms. The summed E-state index contributed by atoms with van der Waals surface area (Å²) in [6.07, 6.45) is 0.772. The number of hydrogen-bond acceptors (Lipinski definition) is 7. The zero-order valence-electron chi connectivity index (χ0n) is 11.4. The van der Waals surface area contributed by atoms with Gasteiger partial charge in [-0.05, 0) is 25.1 Å². The maximum Gasteiger partial charge on any atom is 0.361 e. The van der Waals surface area contributed by atoms with Crippen molar-refractivity contribution in [2.75, 3.05) is 6.54 Å². The lowest BCUT2D eigenvalue weighted by Gasteiger charge is -2.19. The van der Waals surface area contributed by atoms with Crippen LogP contribution in [0.15, 0.2) is 24.3 Å². The quantitative estimate of drug-likeness (QED) is 0.471. The highest BCUT2D eigenvalue weighted by Gasteiger charge is 2.41. The number of ether oxygens (including phenoxy) is 2. The first kappa shape index (κ1) is 15.1. The van der Waals surface area contributed by atoms with E-state index < -0.39 is 23.6 Å². The summed E-state index contributed by atoms with van der Waals surface area (Å²) in [4.78, 5) is 34.8. The summed E-state index contributed by atoms with van der Waals surface area (Å²) < 4.78 is 9.53. The molecule has 0 bridgehead atoms.